The topological polar surface area (TPSA) is 53.1 Å². The number of aryl methyl sites for hydroxylation is 2. The van der Waals surface area contributed by atoms with Gasteiger partial charge in [-0.3, -0.25) is 4.68 Å². The lowest BCUT2D eigenvalue weighted by Gasteiger charge is -2.10. The van der Waals surface area contributed by atoms with E-state index in [2.05, 4.69) is 5.10 Å². The number of halogens is 1. The van der Waals surface area contributed by atoms with E-state index in [1.165, 1.54) is 12.1 Å². The molecule has 0 saturated heterocycles. The molecule has 2 N–H and O–H groups in total. The Kier molecular flexibility index (Phi) is 3.62. The van der Waals surface area contributed by atoms with Gasteiger partial charge in [-0.05, 0) is 31.2 Å². The Hall–Kier alpha value is -1.88. The van der Waals surface area contributed by atoms with Crippen molar-refractivity contribution >= 4 is 0 Å². The highest BCUT2D eigenvalue weighted by atomic mass is 19.1. The third-order valence-electron chi connectivity index (χ3n) is 2.72. The first kappa shape index (κ1) is 12.6. The molecular weight excluding hydrogens is 233 g/mol. The molecule has 0 saturated carbocycles. The largest absolute Gasteiger partial charge is 0.487 e. The summed E-state index contributed by atoms with van der Waals surface area (Å²) < 4.78 is 20.5. The second-order valence-corrected chi connectivity index (χ2v) is 4.15. The summed E-state index contributed by atoms with van der Waals surface area (Å²) in [6, 6.07) is 6.30. The molecule has 1 heterocycles. The molecule has 0 aliphatic rings. The van der Waals surface area contributed by atoms with Gasteiger partial charge >= 0.3 is 0 Å². The third kappa shape index (κ3) is 2.68. The van der Waals surface area contributed by atoms with Gasteiger partial charge in [0.25, 0.3) is 0 Å². The minimum Gasteiger partial charge on any atom is -0.487 e. The lowest BCUT2D eigenvalue weighted by Crippen LogP contribution is -2.06. The Bertz CT molecular complexity index is 551. The molecule has 96 valence electrons. The van der Waals surface area contributed by atoms with Crippen molar-refractivity contribution in [2.45, 2.75) is 20.1 Å². The second kappa shape index (κ2) is 5.18. The van der Waals surface area contributed by atoms with Gasteiger partial charge < -0.3 is 10.5 Å². The Labute approximate surface area is 105 Å². The van der Waals surface area contributed by atoms with Crippen LogP contribution in [-0.4, -0.2) is 9.78 Å². The van der Waals surface area contributed by atoms with Gasteiger partial charge in [-0.2, -0.15) is 5.10 Å². The van der Waals surface area contributed by atoms with E-state index < -0.39 is 0 Å². The molecule has 1 aromatic carbocycles. The summed E-state index contributed by atoms with van der Waals surface area (Å²) in [6.07, 6.45) is 0. The molecular formula is C13H16FN3O. The Morgan fingerprint density at radius 2 is 2.17 bits per heavy atom. The zero-order valence-corrected chi connectivity index (χ0v) is 10.5. The van der Waals surface area contributed by atoms with E-state index in [9.17, 15) is 4.39 Å². The van der Waals surface area contributed by atoms with Gasteiger partial charge in [-0.25, -0.2) is 4.39 Å². The second-order valence-electron chi connectivity index (χ2n) is 4.15. The summed E-state index contributed by atoms with van der Waals surface area (Å²) in [6.45, 7) is 2.56. The molecule has 4 nitrogen and oxygen atoms in total. The fraction of sp³-hybridized carbons (Fsp3) is 0.308. The van der Waals surface area contributed by atoms with Crippen molar-refractivity contribution in [2.24, 2.45) is 12.8 Å². The summed E-state index contributed by atoms with van der Waals surface area (Å²) in [5.41, 5.74) is 8.12. The van der Waals surface area contributed by atoms with E-state index in [0.717, 1.165) is 11.4 Å². The summed E-state index contributed by atoms with van der Waals surface area (Å²) in [5.74, 6) is 0.303. The number of hydrogen-bond acceptors (Lipinski definition) is 3. The molecule has 0 aliphatic heterocycles. The first-order valence-corrected chi connectivity index (χ1v) is 5.71. The molecule has 0 spiro atoms. The van der Waals surface area contributed by atoms with Crippen LogP contribution in [0, 0.1) is 12.7 Å². The highest BCUT2D eigenvalue weighted by molar-refractivity contribution is 5.34. The van der Waals surface area contributed by atoms with Crippen LogP contribution in [0.3, 0.4) is 0 Å². The molecule has 18 heavy (non-hydrogen) atoms. The van der Waals surface area contributed by atoms with Crippen molar-refractivity contribution in [3.05, 3.63) is 47.0 Å². The first-order chi connectivity index (χ1) is 8.60. The molecule has 0 aliphatic carbocycles. The van der Waals surface area contributed by atoms with Gasteiger partial charge in [-0.1, -0.05) is 0 Å². The van der Waals surface area contributed by atoms with Gasteiger partial charge in [0.1, 0.15) is 18.2 Å². The molecule has 0 radical (unpaired) electrons. The average Bonchev–Trinajstić information content (AvgIpc) is 2.66. The number of nitrogens with zero attached hydrogens (tertiary/aromatic N) is 2. The maximum absolute atomic E-state index is 13.0. The van der Waals surface area contributed by atoms with Gasteiger partial charge in [0, 0.05) is 19.2 Å². The molecule has 0 unspecified atom stereocenters. The monoisotopic (exact) mass is 249 g/mol. The van der Waals surface area contributed by atoms with Crippen molar-refractivity contribution in [2.75, 3.05) is 0 Å². The number of nitrogens with two attached hydrogens (primary N) is 1. The zero-order valence-electron chi connectivity index (χ0n) is 10.5. The van der Waals surface area contributed by atoms with Crippen LogP contribution in [0.15, 0.2) is 24.3 Å². The van der Waals surface area contributed by atoms with E-state index in [-0.39, 0.29) is 12.4 Å². The molecule has 0 amide bonds. The standard InChI is InChI=1S/C13H16FN3O/c1-9-5-12(17(2)16-9)8-18-13-4-3-11(14)6-10(13)7-15/h3-6H,7-8,15H2,1-2H3. The average molecular weight is 249 g/mol. The molecule has 0 bridgehead atoms. The number of ether oxygens (including phenoxy) is 1. The molecule has 1 aromatic heterocycles. The number of hydrogen-bond donors (Lipinski definition) is 1. The van der Waals surface area contributed by atoms with Crippen LogP contribution in [0.25, 0.3) is 0 Å². The number of aromatic nitrogens is 2. The predicted octanol–water partition coefficient (Wildman–Crippen LogP) is 1.91. The molecule has 0 fully saturated rings. The molecule has 0 atom stereocenters. The van der Waals surface area contributed by atoms with Crippen molar-refractivity contribution in [3.63, 3.8) is 0 Å². The van der Waals surface area contributed by atoms with Crippen molar-refractivity contribution < 1.29 is 9.13 Å². The van der Waals surface area contributed by atoms with Crippen LogP contribution in [-0.2, 0) is 20.2 Å². The minimum absolute atomic E-state index is 0.248. The smallest absolute Gasteiger partial charge is 0.130 e. The van der Waals surface area contributed by atoms with Crippen molar-refractivity contribution in [1.29, 1.82) is 0 Å². The maximum atomic E-state index is 13.0. The zero-order chi connectivity index (χ0) is 13.1. The van der Waals surface area contributed by atoms with E-state index in [1.807, 2.05) is 20.0 Å². The van der Waals surface area contributed by atoms with Crippen LogP contribution in [0.2, 0.25) is 0 Å². The van der Waals surface area contributed by atoms with Crippen LogP contribution < -0.4 is 10.5 Å². The van der Waals surface area contributed by atoms with Gasteiger partial charge in [0.2, 0.25) is 0 Å². The Morgan fingerprint density at radius 3 is 2.78 bits per heavy atom. The van der Waals surface area contributed by atoms with Gasteiger partial charge in [0.15, 0.2) is 0 Å². The van der Waals surface area contributed by atoms with E-state index in [0.29, 0.717) is 17.9 Å². The van der Waals surface area contributed by atoms with Crippen LogP contribution in [0.4, 0.5) is 4.39 Å². The predicted molar refractivity (Wildman–Crippen MR) is 66.6 cm³/mol. The van der Waals surface area contributed by atoms with E-state index in [4.69, 9.17) is 10.5 Å². The third-order valence-corrected chi connectivity index (χ3v) is 2.72. The first-order valence-electron chi connectivity index (χ1n) is 5.71. The minimum atomic E-state index is -0.306. The van der Waals surface area contributed by atoms with Gasteiger partial charge in [0.05, 0.1) is 11.4 Å². The Morgan fingerprint density at radius 1 is 1.39 bits per heavy atom. The van der Waals surface area contributed by atoms with Crippen LogP contribution >= 0.6 is 0 Å². The van der Waals surface area contributed by atoms with Crippen LogP contribution in [0.5, 0.6) is 5.75 Å². The number of benzene rings is 1. The van der Waals surface area contributed by atoms with Crippen molar-refractivity contribution in [1.82, 2.24) is 9.78 Å². The molecule has 2 aromatic rings. The normalized spacial score (nSPS) is 10.7. The maximum Gasteiger partial charge on any atom is 0.130 e. The van der Waals surface area contributed by atoms with E-state index >= 15 is 0 Å². The molecule has 2 rings (SSSR count). The SMILES string of the molecule is Cc1cc(COc2ccc(F)cc2CN)n(C)n1. The summed E-state index contributed by atoms with van der Waals surface area (Å²) >= 11 is 0. The van der Waals surface area contributed by atoms with Crippen molar-refractivity contribution in [3.8, 4) is 5.75 Å². The number of rotatable bonds is 4. The van der Waals surface area contributed by atoms with Gasteiger partial charge in [-0.15, -0.1) is 0 Å². The lowest BCUT2D eigenvalue weighted by molar-refractivity contribution is 0.291. The summed E-state index contributed by atoms with van der Waals surface area (Å²) in [4.78, 5) is 0. The highest BCUT2D eigenvalue weighted by Gasteiger charge is 2.07. The summed E-state index contributed by atoms with van der Waals surface area (Å²) in [5, 5.41) is 4.23. The molecule has 5 heteroatoms. The Balaban J connectivity index is 2.13. The quantitative estimate of drug-likeness (QED) is 0.900. The summed E-state index contributed by atoms with van der Waals surface area (Å²) in [7, 11) is 1.86. The fourth-order valence-corrected chi connectivity index (χ4v) is 1.80. The fourth-order valence-electron chi connectivity index (χ4n) is 1.80. The van der Waals surface area contributed by atoms with Crippen LogP contribution in [0.1, 0.15) is 17.0 Å². The van der Waals surface area contributed by atoms with E-state index in [1.54, 1.807) is 10.7 Å². The lowest BCUT2D eigenvalue weighted by atomic mass is 10.2. The highest BCUT2D eigenvalue weighted by Crippen LogP contribution is 2.20.